The van der Waals surface area contributed by atoms with Gasteiger partial charge in [0.2, 0.25) is 5.91 Å². The molecule has 1 N–H and O–H groups in total. The second kappa shape index (κ2) is 11.2. The van der Waals surface area contributed by atoms with Crippen molar-refractivity contribution in [3.63, 3.8) is 0 Å². The van der Waals surface area contributed by atoms with Crippen molar-refractivity contribution < 1.29 is 14.3 Å². The molecule has 0 spiro atoms. The van der Waals surface area contributed by atoms with Crippen LogP contribution in [0, 0.1) is 13.8 Å². The van der Waals surface area contributed by atoms with E-state index in [1.54, 1.807) is 48.5 Å². The van der Waals surface area contributed by atoms with Gasteiger partial charge in [0.15, 0.2) is 0 Å². The largest absolute Gasteiger partial charge is 0.497 e. The lowest BCUT2D eigenvalue weighted by molar-refractivity contribution is -0.123. The van der Waals surface area contributed by atoms with Crippen molar-refractivity contribution in [1.82, 2.24) is 10.3 Å². The van der Waals surface area contributed by atoms with Gasteiger partial charge >= 0.3 is 0 Å². The number of nitrogens with zero attached hydrogens (tertiary/aromatic N) is 2. The maximum absolute atomic E-state index is 14.3. The van der Waals surface area contributed by atoms with E-state index >= 15 is 0 Å². The predicted molar refractivity (Wildman–Crippen MR) is 158 cm³/mol. The summed E-state index contributed by atoms with van der Waals surface area (Å²) in [6, 6.07) is 18.3. The molecule has 39 heavy (non-hydrogen) atoms. The van der Waals surface area contributed by atoms with Crippen LogP contribution in [0.25, 0.3) is 10.9 Å². The fourth-order valence-corrected chi connectivity index (χ4v) is 4.90. The molecule has 4 rings (SSSR count). The van der Waals surface area contributed by atoms with Gasteiger partial charge < -0.3 is 10.1 Å². The maximum Gasteiger partial charge on any atom is 0.259 e. The first-order valence-electron chi connectivity index (χ1n) is 12.5. The van der Waals surface area contributed by atoms with E-state index in [0.29, 0.717) is 33.1 Å². The number of anilines is 1. The number of carbonyl (C=O) groups excluding carboxylic acids is 2. The molecule has 0 fully saturated rings. The zero-order chi connectivity index (χ0) is 28.5. The SMILES string of the molecule is COc1cccc(C(=O)N(c2ccc(Cl)cc2)C(C(=O)NC(C)(C)C)c2cc3c(C)cc(C)cc3nc2Cl)c1. The highest BCUT2D eigenvalue weighted by Gasteiger charge is 2.37. The molecule has 0 saturated carbocycles. The Morgan fingerprint density at radius 1 is 0.974 bits per heavy atom. The van der Waals surface area contributed by atoms with Gasteiger partial charge in [-0.1, -0.05) is 35.3 Å². The van der Waals surface area contributed by atoms with Crippen molar-refractivity contribution in [2.45, 2.75) is 46.2 Å². The van der Waals surface area contributed by atoms with Crippen LogP contribution in [-0.4, -0.2) is 29.4 Å². The van der Waals surface area contributed by atoms with Gasteiger partial charge in [-0.3, -0.25) is 14.5 Å². The molecule has 1 aromatic heterocycles. The van der Waals surface area contributed by atoms with Crippen LogP contribution >= 0.6 is 23.2 Å². The monoisotopic (exact) mass is 563 g/mol. The molecule has 0 aliphatic rings. The number of aromatic nitrogens is 1. The molecule has 0 saturated heterocycles. The van der Waals surface area contributed by atoms with Gasteiger partial charge in [-0.05, 0) is 100 Å². The van der Waals surface area contributed by atoms with Crippen molar-refractivity contribution in [1.29, 1.82) is 0 Å². The quantitative estimate of drug-likeness (QED) is 0.247. The lowest BCUT2D eigenvalue weighted by Gasteiger charge is -2.34. The summed E-state index contributed by atoms with van der Waals surface area (Å²) in [7, 11) is 1.53. The Kier molecular flexibility index (Phi) is 8.19. The number of rotatable bonds is 6. The average Bonchev–Trinajstić information content (AvgIpc) is 2.86. The van der Waals surface area contributed by atoms with Crippen molar-refractivity contribution in [2.75, 3.05) is 12.0 Å². The molecule has 0 aliphatic carbocycles. The Bertz CT molecular complexity index is 1550. The topological polar surface area (TPSA) is 71.5 Å². The van der Waals surface area contributed by atoms with Gasteiger partial charge in [0.05, 0.1) is 12.6 Å². The Balaban J connectivity index is 2.00. The number of fused-ring (bicyclic) bond motifs is 1. The second-order valence-corrected chi connectivity index (χ2v) is 11.3. The third kappa shape index (κ3) is 6.35. The summed E-state index contributed by atoms with van der Waals surface area (Å²) in [6.45, 7) is 9.62. The van der Waals surface area contributed by atoms with Crippen molar-refractivity contribution in [2.24, 2.45) is 0 Å². The number of aryl methyl sites for hydroxylation is 2. The molecule has 1 atom stereocenters. The van der Waals surface area contributed by atoms with Gasteiger partial charge in [0.1, 0.15) is 16.9 Å². The molecule has 1 heterocycles. The van der Waals surface area contributed by atoms with E-state index in [0.717, 1.165) is 16.5 Å². The summed E-state index contributed by atoms with van der Waals surface area (Å²) in [4.78, 5) is 34.4. The number of hydrogen-bond acceptors (Lipinski definition) is 4. The van der Waals surface area contributed by atoms with Crippen LogP contribution in [0.4, 0.5) is 5.69 Å². The highest BCUT2D eigenvalue weighted by atomic mass is 35.5. The third-order valence-corrected chi connectivity index (χ3v) is 6.76. The number of amides is 2. The molecule has 202 valence electrons. The number of ether oxygens (including phenoxy) is 1. The van der Waals surface area contributed by atoms with Crippen molar-refractivity contribution in [3.05, 3.63) is 99.2 Å². The number of halogens is 2. The first kappa shape index (κ1) is 28.4. The van der Waals surface area contributed by atoms with E-state index in [4.69, 9.17) is 27.9 Å². The number of hydrogen-bond donors (Lipinski definition) is 1. The van der Waals surface area contributed by atoms with Gasteiger partial charge in [-0.15, -0.1) is 0 Å². The van der Waals surface area contributed by atoms with Gasteiger partial charge in [0, 0.05) is 32.8 Å². The summed E-state index contributed by atoms with van der Waals surface area (Å²) in [5, 5.41) is 4.52. The van der Waals surface area contributed by atoms with E-state index in [9.17, 15) is 9.59 Å². The van der Waals surface area contributed by atoms with Crippen LogP contribution in [0.5, 0.6) is 5.75 Å². The smallest absolute Gasteiger partial charge is 0.259 e. The number of benzene rings is 3. The summed E-state index contributed by atoms with van der Waals surface area (Å²) >= 11 is 13.0. The van der Waals surface area contributed by atoms with E-state index in [-0.39, 0.29) is 5.15 Å². The molecule has 4 aromatic rings. The predicted octanol–water partition coefficient (Wildman–Crippen LogP) is 7.47. The lowest BCUT2D eigenvalue weighted by Crippen LogP contribution is -2.49. The minimum Gasteiger partial charge on any atom is -0.497 e. The van der Waals surface area contributed by atoms with E-state index in [1.165, 1.54) is 12.0 Å². The van der Waals surface area contributed by atoms with Crippen LogP contribution in [0.1, 0.15) is 53.9 Å². The molecule has 1 unspecified atom stereocenters. The molecule has 2 amide bonds. The summed E-state index contributed by atoms with van der Waals surface area (Å²) in [6.07, 6.45) is 0. The molecular weight excluding hydrogens is 533 g/mol. The number of methoxy groups -OCH3 is 1. The van der Waals surface area contributed by atoms with Gasteiger partial charge in [-0.25, -0.2) is 4.98 Å². The highest BCUT2D eigenvalue weighted by molar-refractivity contribution is 6.31. The second-order valence-electron chi connectivity index (χ2n) is 10.5. The molecule has 0 aliphatic heterocycles. The molecule has 0 radical (unpaired) electrons. The molecule has 3 aromatic carbocycles. The summed E-state index contributed by atoms with van der Waals surface area (Å²) in [5.41, 5.74) is 3.39. The van der Waals surface area contributed by atoms with Crippen LogP contribution in [0.3, 0.4) is 0 Å². The summed E-state index contributed by atoms with van der Waals surface area (Å²) < 4.78 is 5.36. The Morgan fingerprint density at radius 2 is 1.67 bits per heavy atom. The first-order valence-corrected chi connectivity index (χ1v) is 13.3. The Hall–Kier alpha value is -3.61. The van der Waals surface area contributed by atoms with E-state index in [1.807, 2.05) is 52.8 Å². The minimum atomic E-state index is -1.14. The van der Waals surface area contributed by atoms with Crippen LogP contribution < -0.4 is 15.0 Å². The fraction of sp³-hybridized carbons (Fsp3) is 0.258. The first-order chi connectivity index (χ1) is 18.4. The Labute approximate surface area is 238 Å². The summed E-state index contributed by atoms with van der Waals surface area (Å²) in [5.74, 6) is -0.299. The third-order valence-electron chi connectivity index (χ3n) is 6.21. The molecular formula is C31H31Cl2N3O3. The molecule has 0 bridgehead atoms. The zero-order valence-corrected chi connectivity index (χ0v) is 24.3. The van der Waals surface area contributed by atoms with Crippen LogP contribution in [0.2, 0.25) is 10.2 Å². The van der Waals surface area contributed by atoms with Crippen LogP contribution in [-0.2, 0) is 4.79 Å². The van der Waals surface area contributed by atoms with Gasteiger partial charge in [-0.2, -0.15) is 0 Å². The standard InChI is InChI=1S/C31H31Cl2N3O3/c1-18-14-19(2)24-17-25(28(33)34-26(24)15-18)27(29(37)35-31(3,4)5)36(22-12-10-21(32)11-13-22)30(38)20-8-7-9-23(16-20)39-6/h7-17,27H,1-6H3,(H,35,37). The van der Waals surface area contributed by atoms with Crippen LogP contribution in [0.15, 0.2) is 66.7 Å². The van der Waals surface area contributed by atoms with E-state index in [2.05, 4.69) is 10.3 Å². The normalized spacial score (nSPS) is 12.2. The molecule has 6 nitrogen and oxygen atoms in total. The number of carbonyl (C=O) groups is 2. The lowest BCUT2D eigenvalue weighted by atomic mass is 9.98. The maximum atomic E-state index is 14.3. The Morgan fingerprint density at radius 3 is 2.31 bits per heavy atom. The van der Waals surface area contributed by atoms with E-state index < -0.39 is 23.4 Å². The molecule has 8 heteroatoms. The number of nitrogens with one attached hydrogen (secondary N) is 1. The van der Waals surface area contributed by atoms with Gasteiger partial charge in [0.25, 0.3) is 5.91 Å². The minimum absolute atomic E-state index is 0.138. The highest BCUT2D eigenvalue weighted by Crippen LogP contribution is 2.36. The van der Waals surface area contributed by atoms with Crippen molar-refractivity contribution in [3.8, 4) is 5.75 Å². The van der Waals surface area contributed by atoms with Crippen molar-refractivity contribution >= 4 is 51.6 Å². The number of pyridine rings is 1. The zero-order valence-electron chi connectivity index (χ0n) is 22.8. The average molecular weight is 565 g/mol. The fourth-order valence-electron chi connectivity index (χ4n) is 4.53.